The Hall–Kier alpha value is -0.980. The molecule has 0 aromatic heterocycles. The van der Waals surface area contributed by atoms with Gasteiger partial charge in [-0.2, -0.15) is 0 Å². The third-order valence-corrected chi connectivity index (χ3v) is 3.49. The van der Waals surface area contributed by atoms with Crippen LogP contribution in [0.15, 0.2) is 17.0 Å². The molecule has 0 fully saturated rings. The van der Waals surface area contributed by atoms with Crippen LogP contribution >= 0.6 is 11.6 Å². The Morgan fingerprint density at radius 2 is 2.20 bits per heavy atom. The zero-order chi connectivity index (χ0) is 11.6. The van der Waals surface area contributed by atoms with E-state index >= 15 is 0 Å². The smallest absolute Gasteiger partial charge is 0.347 e. The lowest BCUT2D eigenvalue weighted by Crippen LogP contribution is -2.09. The summed E-state index contributed by atoms with van der Waals surface area (Å²) in [6.45, 7) is 1.67. The Labute approximate surface area is 94.6 Å². The molecule has 0 saturated carbocycles. The molecule has 0 spiro atoms. The van der Waals surface area contributed by atoms with Gasteiger partial charge in [0, 0.05) is 6.07 Å². The highest BCUT2D eigenvalue weighted by molar-refractivity contribution is 7.91. The first-order valence-electron chi connectivity index (χ1n) is 4.09. The van der Waals surface area contributed by atoms with Crippen molar-refractivity contribution in [3.8, 4) is 0 Å². The molecule has 5 nitrogen and oxygen atoms in total. The molecule has 0 amide bonds. The summed E-state index contributed by atoms with van der Waals surface area (Å²) in [4.78, 5) is 10.2. The maximum absolute atomic E-state index is 11.5. The van der Waals surface area contributed by atoms with Crippen LogP contribution in [0.1, 0.15) is 6.92 Å². The molecule has 7 heteroatoms. The Balaban J connectivity index is 3.40. The fourth-order valence-electron chi connectivity index (χ4n) is 1.09. The van der Waals surface area contributed by atoms with Crippen molar-refractivity contribution in [2.45, 2.75) is 11.8 Å². The van der Waals surface area contributed by atoms with Crippen LogP contribution in [0.2, 0.25) is 5.02 Å². The second kappa shape index (κ2) is 4.69. The third-order valence-electron chi connectivity index (χ3n) is 1.82. The van der Waals surface area contributed by atoms with Gasteiger partial charge in [0.15, 0.2) is 0 Å². The highest BCUT2D eigenvalue weighted by atomic mass is 35.5. The highest BCUT2D eigenvalue weighted by Crippen LogP contribution is 2.35. The molecular weight excluding hydrogens is 240 g/mol. The molecule has 0 aliphatic rings. The zero-order valence-electron chi connectivity index (χ0n) is 7.90. The second-order valence-electron chi connectivity index (χ2n) is 2.70. The minimum atomic E-state index is -1.42. The van der Waals surface area contributed by atoms with Gasteiger partial charge in [-0.15, -0.1) is 0 Å². The normalized spacial score (nSPS) is 12.5. The number of rotatable bonds is 3. The van der Waals surface area contributed by atoms with Gasteiger partial charge in [-0.25, -0.2) is 0 Å². The largest absolute Gasteiger partial charge is 0.611 e. The molecule has 0 aliphatic carbocycles. The molecule has 1 atom stereocenters. The molecule has 0 heterocycles. The third kappa shape index (κ3) is 2.34. The summed E-state index contributed by atoms with van der Waals surface area (Å²) in [6.07, 6.45) is 0. The molecule has 1 aromatic carbocycles. The Bertz CT molecular complexity index is 400. The minimum absolute atomic E-state index is 0.0959. The zero-order valence-corrected chi connectivity index (χ0v) is 9.47. The maximum atomic E-state index is 11.5. The van der Waals surface area contributed by atoms with Gasteiger partial charge in [0.1, 0.15) is 11.4 Å². The van der Waals surface area contributed by atoms with Gasteiger partial charge >= 0.3 is 5.69 Å². The number of nitro groups is 1. The average molecular weight is 249 g/mol. The van der Waals surface area contributed by atoms with Crippen LogP contribution in [-0.2, 0) is 11.2 Å². The van der Waals surface area contributed by atoms with Gasteiger partial charge in [-0.3, -0.25) is 10.1 Å². The molecule has 0 bridgehead atoms. The number of nitrogen functional groups attached to an aromatic ring is 1. The summed E-state index contributed by atoms with van der Waals surface area (Å²) in [7, 11) is 0. The molecule has 1 rings (SSSR count). The van der Waals surface area contributed by atoms with Crippen LogP contribution in [-0.4, -0.2) is 15.2 Å². The van der Waals surface area contributed by atoms with Crippen LogP contribution < -0.4 is 5.73 Å². The summed E-state index contributed by atoms with van der Waals surface area (Å²) < 4.78 is 11.5. The van der Waals surface area contributed by atoms with Crippen LogP contribution in [0, 0.1) is 10.1 Å². The van der Waals surface area contributed by atoms with Gasteiger partial charge in [-0.1, -0.05) is 11.6 Å². The summed E-state index contributed by atoms with van der Waals surface area (Å²) in [5.74, 6) is 0.294. The predicted octanol–water partition coefficient (Wildman–Crippen LogP) is 1.96. The van der Waals surface area contributed by atoms with Gasteiger partial charge in [-0.05, 0) is 24.2 Å². The summed E-state index contributed by atoms with van der Waals surface area (Å²) >= 11 is 4.23. The number of hydrogen-bond donors (Lipinski definition) is 1. The van der Waals surface area contributed by atoms with Gasteiger partial charge in [0.2, 0.25) is 4.90 Å². The number of nitrogens with two attached hydrogens (primary N) is 1. The first kappa shape index (κ1) is 12.1. The van der Waals surface area contributed by atoms with Crippen molar-refractivity contribution in [3.05, 3.63) is 27.3 Å². The summed E-state index contributed by atoms with van der Waals surface area (Å²) in [5.41, 5.74) is 4.97. The molecule has 0 saturated heterocycles. The molecule has 1 unspecified atom stereocenters. The minimum Gasteiger partial charge on any atom is -0.611 e. The van der Waals surface area contributed by atoms with Crippen molar-refractivity contribution in [1.82, 2.24) is 0 Å². The van der Waals surface area contributed by atoms with E-state index in [1.165, 1.54) is 12.1 Å². The van der Waals surface area contributed by atoms with Crippen molar-refractivity contribution < 1.29 is 9.48 Å². The van der Waals surface area contributed by atoms with E-state index < -0.39 is 16.1 Å². The van der Waals surface area contributed by atoms with Crippen molar-refractivity contribution in [1.29, 1.82) is 0 Å². The molecule has 82 valence electrons. The Kier molecular flexibility index (Phi) is 3.78. The summed E-state index contributed by atoms with van der Waals surface area (Å²) in [6, 6.07) is 2.78. The van der Waals surface area contributed by atoms with E-state index in [2.05, 4.69) is 0 Å². The van der Waals surface area contributed by atoms with E-state index in [0.717, 1.165) is 0 Å². The monoisotopic (exact) mass is 248 g/mol. The lowest BCUT2D eigenvalue weighted by molar-refractivity contribution is -0.386. The van der Waals surface area contributed by atoms with Crippen LogP contribution in [0.5, 0.6) is 0 Å². The highest BCUT2D eigenvalue weighted by Gasteiger charge is 2.28. The van der Waals surface area contributed by atoms with Crippen molar-refractivity contribution in [2.24, 2.45) is 0 Å². The van der Waals surface area contributed by atoms with E-state index in [9.17, 15) is 14.7 Å². The van der Waals surface area contributed by atoms with E-state index in [-0.39, 0.29) is 21.3 Å². The Morgan fingerprint density at radius 1 is 1.60 bits per heavy atom. The number of halogens is 1. The van der Waals surface area contributed by atoms with E-state index in [1.807, 2.05) is 0 Å². The number of anilines is 1. The van der Waals surface area contributed by atoms with Crippen LogP contribution in [0.25, 0.3) is 0 Å². The standard InChI is InChI=1S/C8H9ClN2O3S/c1-2-15(14)6-4-3-5(9)7(10)8(6)11(12)13/h3-4H,2,10H2,1H3. The fourth-order valence-corrected chi connectivity index (χ4v) is 2.17. The second-order valence-corrected chi connectivity index (χ2v) is 4.81. The number of hydrogen-bond acceptors (Lipinski definition) is 4. The molecule has 2 N–H and O–H groups in total. The SMILES string of the molecule is CC[S+]([O-])c1ccc(Cl)c(N)c1[N+](=O)[O-]. The molecule has 1 aromatic rings. The van der Waals surface area contributed by atoms with E-state index in [1.54, 1.807) is 6.92 Å². The van der Waals surface area contributed by atoms with Crippen molar-refractivity contribution in [2.75, 3.05) is 11.5 Å². The Morgan fingerprint density at radius 3 is 2.67 bits per heavy atom. The summed E-state index contributed by atoms with van der Waals surface area (Å²) in [5, 5.41) is 10.8. The van der Waals surface area contributed by atoms with Gasteiger partial charge in [0.05, 0.1) is 9.95 Å². The van der Waals surface area contributed by atoms with Crippen molar-refractivity contribution in [3.63, 3.8) is 0 Å². The quantitative estimate of drug-likeness (QED) is 0.383. The molecule has 0 aliphatic heterocycles. The number of nitro benzene ring substituents is 1. The lowest BCUT2D eigenvalue weighted by atomic mass is 10.3. The number of nitrogens with zero attached hydrogens (tertiary/aromatic N) is 1. The average Bonchev–Trinajstić information content (AvgIpc) is 2.20. The van der Waals surface area contributed by atoms with Crippen molar-refractivity contribution >= 4 is 34.2 Å². The van der Waals surface area contributed by atoms with Crippen LogP contribution in [0.3, 0.4) is 0 Å². The van der Waals surface area contributed by atoms with Gasteiger partial charge < -0.3 is 10.3 Å². The molecular formula is C8H9ClN2O3S. The topological polar surface area (TPSA) is 92.2 Å². The maximum Gasteiger partial charge on any atom is 0.347 e. The molecule has 0 radical (unpaired) electrons. The first-order valence-corrected chi connectivity index (χ1v) is 5.79. The van der Waals surface area contributed by atoms with E-state index in [0.29, 0.717) is 5.75 Å². The fraction of sp³-hybridized carbons (Fsp3) is 0.250. The lowest BCUT2D eigenvalue weighted by Gasteiger charge is -2.09. The number of benzene rings is 1. The van der Waals surface area contributed by atoms with Crippen LogP contribution in [0.4, 0.5) is 11.4 Å². The first-order chi connectivity index (χ1) is 6.99. The van der Waals surface area contributed by atoms with Gasteiger partial charge in [0.25, 0.3) is 0 Å². The van der Waals surface area contributed by atoms with E-state index in [4.69, 9.17) is 17.3 Å². The predicted molar refractivity (Wildman–Crippen MR) is 59.5 cm³/mol. The molecule has 15 heavy (non-hydrogen) atoms.